The molecule has 1 rings (SSSR count). The molecule has 0 unspecified atom stereocenters. The number of hydrogen-bond donors (Lipinski definition) is 2. The highest BCUT2D eigenvalue weighted by atomic mass is 16.3. The van der Waals surface area contributed by atoms with Crippen LogP contribution in [0.2, 0.25) is 0 Å². The zero-order valence-electron chi connectivity index (χ0n) is 4.52. The number of hydrogen-bond acceptors (Lipinski definition) is 2. The monoisotopic (exact) mass is 101 g/mol. The fourth-order valence-corrected chi connectivity index (χ4v) is 0.729. The van der Waals surface area contributed by atoms with Crippen molar-refractivity contribution in [2.24, 2.45) is 5.73 Å². The van der Waals surface area contributed by atoms with E-state index >= 15 is 0 Å². The van der Waals surface area contributed by atoms with Crippen LogP contribution in [0.3, 0.4) is 0 Å². The molecule has 7 heavy (non-hydrogen) atoms. The summed E-state index contributed by atoms with van der Waals surface area (Å²) in [6, 6.07) is 0.0347. The van der Waals surface area contributed by atoms with Gasteiger partial charge in [0.15, 0.2) is 0 Å². The zero-order valence-corrected chi connectivity index (χ0v) is 4.52. The molecule has 0 aromatic rings. The number of rotatable bonds is 0. The van der Waals surface area contributed by atoms with E-state index in [1.165, 1.54) is 0 Å². The Bertz CT molecular complexity index is 80.1. The lowest BCUT2D eigenvalue weighted by Crippen LogP contribution is -2.54. The normalized spacial score (nSPS) is 51.0. The first-order chi connectivity index (χ1) is 3.13. The van der Waals surface area contributed by atoms with E-state index in [-0.39, 0.29) is 6.04 Å². The van der Waals surface area contributed by atoms with Crippen LogP contribution < -0.4 is 5.73 Å². The van der Waals surface area contributed by atoms with Gasteiger partial charge >= 0.3 is 0 Å². The van der Waals surface area contributed by atoms with E-state index < -0.39 is 5.60 Å². The van der Waals surface area contributed by atoms with Crippen LogP contribution in [-0.4, -0.2) is 16.7 Å². The van der Waals surface area contributed by atoms with Crippen molar-refractivity contribution < 1.29 is 5.11 Å². The van der Waals surface area contributed by atoms with Crippen LogP contribution in [0.15, 0.2) is 0 Å². The molecule has 0 radical (unpaired) electrons. The zero-order chi connectivity index (χ0) is 5.49. The van der Waals surface area contributed by atoms with Gasteiger partial charge in [0.2, 0.25) is 0 Å². The van der Waals surface area contributed by atoms with Gasteiger partial charge in [0.25, 0.3) is 0 Å². The summed E-state index contributed by atoms with van der Waals surface area (Å²) in [4.78, 5) is 0. The van der Waals surface area contributed by atoms with Gasteiger partial charge in [-0.25, -0.2) is 0 Å². The highest BCUT2D eigenvalue weighted by Gasteiger charge is 2.37. The maximum absolute atomic E-state index is 9.06. The second kappa shape index (κ2) is 1.20. The van der Waals surface area contributed by atoms with Crippen molar-refractivity contribution in [3.63, 3.8) is 0 Å². The predicted octanol–water partition coefficient (Wildman–Crippen LogP) is -0.142. The van der Waals surface area contributed by atoms with Gasteiger partial charge < -0.3 is 10.8 Å². The molecule has 1 saturated carbocycles. The molecule has 0 aromatic heterocycles. The van der Waals surface area contributed by atoms with Gasteiger partial charge in [0.1, 0.15) is 0 Å². The van der Waals surface area contributed by atoms with E-state index in [1.54, 1.807) is 6.92 Å². The molecule has 1 aliphatic carbocycles. The standard InChI is InChI=1S/C5H11NO/c1-5(7)3-2-4(5)6/h4,7H,2-3,6H2,1H3/t4-,5-/m0/s1. The Hall–Kier alpha value is -0.0800. The molecule has 0 aromatic carbocycles. The Morgan fingerprint density at radius 1 is 1.86 bits per heavy atom. The van der Waals surface area contributed by atoms with Gasteiger partial charge in [-0.1, -0.05) is 0 Å². The van der Waals surface area contributed by atoms with Crippen LogP contribution in [0.25, 0.3) is 0 Å². The summed E-state index contributed by atoms with van der Waals surface area (Å²) in [5.74, 6) is 0. The first-order valence-corrected chi connectivity index (χ1v) is 2.61. The Morgan fingerprint density at radius 2 is 2.29 bits per heavy atom. The van der Waals surface area contributed by atoms with Crippen molar-refractivity contribution >= 4 is 0 Å². The van der Waals surface area contributed by atoms with Crippen molar-refractivity contribution in [3.8, 4) is 0 Å². The lowest BCUT2D eigenvalue weighted by atomic mass is 9.77. The SMILES string of the molecule is C[C@]1(O)CC[C@@H]1N. The smallest absolute Gasteiger partial charge is 0.0770 e. The molecule has 0 spiro atoms. The van der Waals surface area contributed by atoms with E-state index in [9.17, 15) is 0 Å². The molecular weight excluding hydrogens is 90.1 g/mol. The van der Waals surface area contributed by atoms with Crippen molar-refractivity contribution in [1.82, 2.24) is 0 Å². The Labute approximate surface area is 43.3 Å². The minimum absolute atomic E-state index is 0.0347. The maximum Gasteiger partial charge on any atom is 0.0770 e. The summed E-state index contributed by atoms with van der Waals surface area (Å²) in [6.45, 7) is 1.78. The summed E-state index contributed by atoms with van der Waals surface area (Å²) < 4.78 is 0. The Balaban J connectivity index is 2.43. The van der Waals surface area contributed by atoms with Crippen molar-refractivity contribution in [2.75, 3.05) is 0 Å². The summed E-state index contributed by atoms with van der Waals surface area (Å²) in [7, 11) is 0. The lowest BCUT2D eigenvalue weighted by molar-refractivity contribution is -0.0367. The molecule has 1 aliphatic rings. The molecule has 2 atom stereocenters. The third-order valence-corrected chi connectivity index (χ3v) is 1.76. The molecule has 0 amide bonds. The minimum atomic E-state index is -0.542. The topological polar surface area (TPSA) is 46.2 Å². The second-order valence-electron chi connectivity index (χ2n) is 2.50. The Kier molecular flexibility index (Phi) is 0.869. The molecule has 0 heterocycles. The molecule has 0 saturated heterocycles. The molecule has 0 aliphatic heterocycles. The molecule has 0 bridgehead atoms. The average molecular weight is 101 g/mol. The third-order valence-electron chi connectivity index (χ3n) is 1.76. The van der Waals surface area contributed by atoms with Gasteiger partial charge in [0.05, 0.1) is 5.60 Å². The average Bonchev–Trinajstić information content (AvgIpc) is 1.63. The van der Waals surface area contributed by atoms with Crippen molar-refractivity contribution in [1.29, 1.82) is 0 Å². The Morgan fingerprint density at radius 3 is 2.29 bits per heavy atom. The summed E-state index contributed by atoms with van der Waals surface area (Å²) in [6.07, 6.45) is 1.85. The molecule has 2 heteroatoms. The van der Waals surface area contributed by atoms with E-state index in [0.717, 1.165) is 12.8 Å². The van der Waals surface area contributed by atoms with Crippen LogP contribution in [0, 0.1) is 0 Å². The van der Waals surface area contributed by atoms with E-state index in [4.69, 9.17) is 10.8 Å². The van der Waals surface area contributed by atoms with Gasteiger partial charge in [0, 0.05) is 6.04 Å². The van der Waals surface area contributed by atoms with Crippen LogP contribution >= 0.6 is 0 Å². The first-order valence-electron chi connectivity index (χ1n) is 2.61. The second-order valence-corrected chi connectivity index (χ2v) is 2.50. The molecular formula is C5H11NO. The first kappa shape index (κ1) is 5.06. The molecule has 2 nitrogen and oxygen atoms in total. The molecule has 3 N–H and O–H groups in total. The van der Waals surface area contributed by atoms with Gasteiger partial charge in [-0.05, 0) is 19.8 Å². The fraction of sp³-hybridized carbons (Fsp3) is 1.00. The molecule has 1 fully saturated rings. The van der Waals surface area contributed by atoms with Crippen molar-refractivity contribution in [3.05, 3.63) is 0 Å². The summed E-state index contributed by atoms with van der Waals surface area (Å²) in [5, 5.41) is 9.06. The van der Waals surface area contributed by atoms with Gasteiger partial charge in [-0.15, -0.1) is 0 Å². The van der Waals surface area contributed by atoms with E-state index in [1.807, 2.05) is 0 Å². The number of nitrogens with two attached hydrogens (primary N) is 1. The van der Waals surface area contributed by atoms with Crippen LogP contribution in [0.5, 0.6) is 0 Å². The third kappa shape index (κ3) is 0.640. The highest BCUT2D eigenvalue weighted by Crippen LogP contribution is 2.29. The van der Waals surface area contributed by atoms with Crippen molar-refractivity contribution in [2.45, 2.75) is 31.4 Å². The van der Waals surface area contributed by atoms with Crippen LogP contribution in [0.4, 0.5) is 0 Å². The summed E-state index contributed by atoms with van der Waals surface area (Å²) >= 11 is 0. The van der Waals surface area contributed by atoms with E-state index in [2.05, 4.69) is 0 Å². The highest BCUT2D eigenvalue weighted by molar-refractivity contribution is 4.95. The van der Waals surface area contributed by atoms with Crippen LogP contribution in [-0.2, 0) is 0 Å². The minimum Gasteiger partial charge on any atom is -0.389 e. The summed E-state index contributed by atoms with van der Waals surface area (Å²) in [5.41, 5.74) is 4.86. The quantitative estimate of drug-likeness (QED) is 0.446. The maximum atomic E-state index is 9.06. The number of aliphatic hydroxyl groups is 1. The van der Waals surface area contributed by atoms with Gasteiger partial charge in [-0.3, -0.25) is 0 Å². The predicted molar refractivity (Wildman–Crippen MR) is 27.8 cm³/mol. The largest absolute Gasteiger partial charge is 0.389 e. The van der Waals surface area contributed by atoms with Crippen LogP contribution in [0.1, 0.15) is 19.8 Å². The van der Waals surface area contributed by atoms with E-state index in [0.29, 0.717) is 0 Å². The molecule has 42 valence electrons. The van der Waals surface area contributed by atoms with Gasteiger partial charge in [-0.2, -0.15) is 0 Å². The lowest BCUT2D eigenvalue weighted by Gasteiger charge is -2.39. The fourth-order valence-electron chi connectivity index (χ4n) is 0.729.